The largest absolute Gasteiger partial charge is 0.494 e. The van der Waals surface area contributed by atoms with Crippen molar-refractivity contribution in [3.05, 3.63) is 96.1 Å². The molecule has 1 heterocycles. The van der Waals surface area contributed by atoms with Crippen LogP contribution in [0.15, 0.2) is 89.8 Å². The van der Waals surface area contributed by atoms with Crippen molar-refractivity contribution >= 4 is 30.4 Å². The van der Waals surface area contributed by atoms with E-state index in [0.717, 1.165) is 24.8 Å². The van der Waals surface area contributed by atoms with Crippen LogP contribution in [0.3, 0.4) is 0 Å². The molecule has 3 aromatic rings. The Hall–Kier alpha value is -3.54. The maximum atomic E-state index is 12.6. The molecule has 13 heteroatoms. The Kier molecular flexibility index (Phi) is 11.9. The predicted molar refractivity (Wildman–Crippen MR) is 162 cm³/mol. The lowest BCUT2D eigenvalue weighted by Gasteiger charge is -2.31. The van der Waals surface area contributed by atoms with Crippen LogP contribution in [0.25, 0.3) is 0 Å². The van der Waals surface area contributed by atoms with Gasteiger partial charge in [-0.05, 0) is 67.1 Å². The van der Waals surface area contributed by atoms with Crippen LogP contribution in [0, 0.1) is 5.92 Å². The fraction of sp³-hybridized carbons (Fsp3) is 0.333. The van der Waals surface area contributed by atoms with Gasteiger partial charge in [0.05, 0.1) is 11.5 Å². The number of hydrogen-bond acceptors (Lipinski definition) is 8. The van der Waals surface area contributed by atoms with Crippen molar-refractivity contribution in [1.82, 2.24) is 14.9 Å². The molecule has 1 fully saturated rings. The Morgan fingerprint density at radius 3 is 2.19 bits per heavy atom. The van der Waals surface area contributed by atoms with Crippen LogP contribution in [0.1, 0.15) is 35.2 Å². The molecule has 0 saturated carbocycles. The highest BCUT2D eigenvalue weighted by atomic mass is 32.2. The number of benzene rings is 3. The SMILES string of the molecule is O=C(NCC(NS(=O)(=O)c1ccccc1)P(O)O)c1ccc(OCCC2CCN(C(=O)OCc3ccccc3)CC2)cc1. The van der Waals surface area contributed by atoms with Crippen LogP contribution in [-0.4, -0.2) is 67.1 Å². The van der Waals surface area contributed by atoms with Crippen LogP contribution in [0.4, 0.5) is 4.79 Å². The number of hydrogen-bond donors (Lipinski definition) is 4. The molecular weight excluding hydrogens is 593 g/mol. The van der Waals surface area contributed by atoms with Gasteiger partial charge in [-0.3, -0.25) is 4.79 Å². The number of likely N-dealkylation sites (tertiary alicyclic amines) is 1. The smallest absolute Gasteiger partial charge is 0.410 e. The topological polar surface area (TPSA) is 154 Å². The van der Waals surface area contributed by atoms with Crippen molar-refractivity contribution in [3.63, 3.8) is 0 Å². The van der Waals surface area contributed by atoms with E-state index < -0.39 is 30.1 Å². The lowest BCUT2D eigenvalue weighted by atomic mass is 9.94. The molecule has 43 heavy (non-hydrogen) atoms. The number of carbonyl (C=O) groups is 2. The van der Waals surface area contributed by atoms with Crippen molar-refractivity contribution in [2.75, 3.05) is 26.2 Å². The lowest BCUT2D eigenvalue weighted by molar-refractivity contribution is 0.0799. The fourth-order valence-electron chi connectivity index (χ4n) is 4.57. The highest BCUT2D eigenvalue weighted by Gasteiger charge is 2.26. The van der Waals surface area contributed by atoms with Gasteiger partial charge in [0.15, 0.2) is 8.38 Å². The molecule has 4 rings (SSSR count). The molecule has 1 aliphatic heterocycles. The Balaban J connectivity index is 1.15. The van der Waals surface area contributed by atoms with Crippen LogP contribution >= 0.6 is 8.38 Å². The summed E-state index contributed by atoms with van der Waals surface area (Å²) in [5.74, 6) is -0.764. The van der Waals surface area contributed by atoms with E-state index in [0.29, 0.717) is 36.9 Å². The Morgan fingerprint density at radius 1 is 0.930 bits per heavy atom. The zero-order chi connectivity index (χ0) is 30.7. The third-order valence-corrected chi connectivity index (χ3v) is 9.60. The molecule has 230 valence electrons. The number of nitrogens with zero attached hydrogens (tertiary/aromatic N) is 1. The zero-order valence-corrected chi connectivity index (χ0v) is 25.3. The number of carbonyl (C=O) groups excluding carboxylic acids is 2. The quantitative estimate of drug-likeness (QED) is 0.208. The zero-order valence-electron chi connectivity index (χ0n) is 23.5. The Bertz CT molecular complexity index is 1420. The van der Waals surface area contributed by atoms with E-state index in [1.165, 1.54) is 12.1 Å². The summed E-state index contributed by atoms with van der Waals surface area (Å²) in [7, 11) is -6.71. The van der Waals surface area contributed by atoms with Gasteiger partial charge in [-0.15, -0.1) is 0 Å². The number of sulfonamides is 1. The number of rotatable bonds is 13. The van der Waals surface area contributed by atoms with Gasteiger partial charge in [-0.2, -0.15) is 4.72 Å². The van der Waals surface area contributed by atoms with E-state index in [4.69, 9.17) is 9.47 Å². The van der Waals surface area contributed by atoms with Gasteiger partial charge in [-0.25, -0.2) is 13.2 Å². The number of amides is 2. The number of nitrogens with one attached hydrogen (secondary N) is 2. The second-order valence-corrected chi connectivity index (χ2v) is 13.1. The van der Waals surface area contributed by atoms with E-state index >= 15 is 0 Å². The first kappa shape index (κ1) is 32.4. The second kappa shape index (κ2) is 15.8. The molecule has 0 aromatic heterocycles. The number of ether oxygens (including phenoxy) is 2. The van der Waals surface area contributed by atoms with Gasteiger partial charge >= 0.3 is 6.09 Å². The van der Waals surface area contributed by atoms with E-state index in [2.05, 4.69) is 10.0 Å². The van der Waals surface area contributed by atoms with Gasteiger partial charge in [0.1, 0.15) is 18.1 Å². The van der Waals surface area contributed by atoms with Gasteiger partial charge in [-0.1, -0.05) is 48.5 Å². The monoisotopic (exact) mass is 629 g/mol. The molecule has 0 spiro atoms. The molecule has 0 radical (unpaired) electrons. The minimum Gasteiger partial charge on any atom is -0.494 e. The van der Waals surface area contributed by atoms with Crippen molar-refractivity contribution in [2.45, 2.75) is 36.5 Å². The first-order chi connectivity index (χ1) is 20.7. The summed E-state index contributed by atoms with van der Waals surface area (Å²) in [6.45, 7) is 1.73. The molecule has 1 atom stereocenters. The molecule has 4 N–H and O–H groups in total. The standard InChI is InChI=1S/C30H36N3O8PS/c34-29(31-21-28(42(36)37)32-43(38,39)27-9-5-2-6-10-27)25-11-13-26(14-12-25)40-20-17-23-15-18-33(19-16-23)30(35)41-22-24-7-3-1-4-8-24/h1-14,23,28,32,36-37H,15-22H2,(H,31,34). The maximum Gasteiger partial charge on any atom is 0.410 e. The van der Waals surface area contributed by atoms with Gasteiger partial charge < -0.3 is 29.5 Å². The summed E-state index contributed by atoms with van der Waals surface area (Å²) in [6, 6.07) is 23.6. The van der Waals surface area contributed by atoms with Crippen molar-refractivity contribution in [3.8, 4) is 5.75 Å². The highest BCUT2D eigenvalue weighted by Crippen LogP contribution is 2.30. The van der Waals surface area contributed by atoms with E-state index in [1.54, 1.807) is 47.4 Å². The van der Waals surface area contributed by atoms with Crippen molar-refractivity contribution in [1.29, 1.82) is 0 Å². The third-order valence-electron chi connectivity index (χ3n) is 7.07. The van der Waals surface area contributed by atoms with Crippen molar-refractivity contribution < 1.29 is 37.3 Å². The molecular formula is C30H36N3O8PS. The highest BCUT2D eigenvalue weighted by molar-refractivity contribution is 7.89. The molecule has 2 amide bonds. The minimum absolute atomic E-state index is 0.0246. The van der Waals surface area contributed by atoms with Crippen LogP contribution in [0.2, 0.25) is 0 Å². The van der Waals surface area contributed by atoms with Crippen molar-refractivity contribution in [2.24, 2.45) is 5.92 Å². The normalized spacial score (nSPS) is 14.7. The second-order valence-electron chi connectivity index (χ2n) is 10.1. The molecule has 11 nitrogen and oxygen atoms in total. The molecule has 1 unspecified atom stereocenters. The Morgan fingerprint density at radius 2 is 1.56 bits per heavy atom. The molecule has 1 aliphatic rings. The predicted octanol–water partition coefficient (Wildman–Crippen LogP) is 3.84. The molecule has 1 saturated heterocycles. The van der Waals surface area contributed by atoms with E-state index in [1.807, 2.05) is 30.3 Å². The summed E-state index contributed by atoms with van der Waals surface area (Å²) in [5, 5.41) is 2.54. The average Bonchev–Trinajstić information content (AvgIpc) is 3.03. The van der Waals surface area contributed by atoms with Crippen LogP contribution < -0.4 is 14.8 Å². The summed E-state index contributed by atoms with van der Waals surface area (Å²) in [4.78, 5) is 46.1. The third kappa shape index (κ3) is 10.0. The van der Waals surface area contributed by atoms with Gasteiger partial charge in [0, 0.05) is 25.2 Å². The summed E-state index contributed by atoms with van der Waals surface area (Å²) >= 11 is 0. The van der Waals surface area contributed by atoms with Gasteiger partial charge in [0.25, 0.3) is 5.91 Å². The summed E-state index contributed by atoms with van der Waals surface area (Å²) in [5.41, 5.74) is 1.26. The molecule has 0 bridgehead atoms. The minimum atomic E-state index is -4.00. The van der Waals surface area contributed by atoms with Gasteiger partial charge in [0.2, 0.25) is 10.0 Å². The van der Waals surface area contributed by atoms with E-state index in [9.17, 15) is 27.8 Å². The fourth-order valence-corrected chi connectivity index (χ4v) is 6.71. The molecule has 3 aromatic carbocycles. The van der Waals surface area contributed by atoms with Crippen LogP contribution in [0.5, 0.6) is 5.75 Å². The summed E-state index contributed by atoms with van der Waals surface area (Å²) in [6.07, 6.45) is 2.28. The first-order valence-electron chi connectivity index (χ1n) is 13.9. The number of piperidine rings is 1. The maximum absolute atomic E-state index is 12.6. The summed E-state index contributed by atoms with van der Waals surface area (Å²) < 4.78 is 38.6. The average molecular weight is 630 g/mol. The van der Waals surface area contributed by atoms with E-state index in [-0.39, 0.29) is 24.1 Å². The first-order valence-corrected chi connectivity index (χ1v) is 16.7. The lowest BCUT2D eigenvalue weighted by Crippen LogP contribution is -2.42. The van der Waals surface area contributed by atoms with Crippen LogP contribution in [-0.2, 0) is 21.4 Å². The molecule has 0 aliphatic carbocycles. The Labute approximate surface area is 252 Å².